The summed E-state index contributed by atoms with van der Waals surface area (Å²) in [6.45, 7) is 9.84. The summed E-state index contributed by atoms with van der Waals surface area (Å²) >= 11 is 0. The van der Waals surface area contributed by atoms with E-state index >= 15 is 0 Å². The molecule has 1 N–H and O–H groups in total. The fourth-order valence-electron chi connectivity index (χ4n) is 2.21. The Labute approximate surface area is 116 Å². The van der Waals surface area contributed by atoms with Gasteiger partial charge in [-0.2, -0.15) is 0 Å². The fraction of sp³-hybridized carbons (Fsp3) is 0.929. The number of hydrogen-bond donors (Lipinski definition) is 1. The summed E-state index contributed by atoms with van der Waals surface area (Å²) in [4.78, 5) is 12.1. The van der Waals surface area contributed by atoms with Crippen LogP contribution in [-0.4, -0.2) is 50.1 Å². The van der Waals surface area contributed by atoms with Crippen LogP contribution in [0.15, 0.2) is 0 Å². The Hall–Kier alpha value is -0.650. The first-order chi connectivity index (χ1) is 8.98. The molecular formula is C14H27NO4. The van der Waals surface area contributed by atoms with E-state index in [1.54, 1.807) is 0 Å². The minimum Gasteiger partial charge on any atom is -0.465 e. The molecule has 0 aromatic rings. The first kappa shape index (κ1) is 16.4. The predicted octanol–water partition coefficient (Wildman–Crippen LogP) is 1.50. The highest BCUT2D eigenvalue weighted by atomic mass is 16.5. The molecule has 1 unspecified atom stereocenters. The van der Waals surface area contributed by atoms with E-state index in [9.17, 15) is 4.79 Å². The molecule has 1 fully saturated rings. The molecule has 0 radical (unpaired) electrons. The summed E-state index contributed by atoms with van der Waals surface area (Å²) in [6.07, 6.45) is 1.96. The van der Waals surface area contributed by atoms with Crippen molar-refractivity contribution in [3.8, 4) is 0 Å². The average Bonchev–Trinajstić information content (AvgIpc) is 2.37. The Morgan fingerprint density at radius 1 is 1.42 bits per heavy atom. The SMILES string of the molecule is CCOC(=O)C(C)(COC1CCOCC1)NC(C)C. The highest BCUT2D eigenvalue weighted by Gasteiger charge is 2.36. The van der Waals surface area contributed by atoms with Gasteiger partial charge in [0.25, 0.3) is 0 Å². The van der Waals surface area contributed by atoms with Crippen molar-refractivity contribution in [3.05, 3.63) is 0 Å². The topological polar surface area (TPSA) is 56.8 Å². The second-order valence-corrected chi connectivity index (χ2v) is 5.47. The van der Waals surface area contributed by atoms with Crippen molar-refractivity contribution in [3.63, 3.8) is 0 Å². The van der Waals surface area contributed by atoms with Gasteiger partial charge in [-0.15, -0.1) is 0 Å². The lowest BCUT2D eigenvalue weighted by atomic mass is 10.0. The normalized spacial score (nSPS) is 20.3. The lowest BCUT2D eigenvalue weighted by Gasteiger charge is -2.33. The van der Waals surface area contributed by atoms with Gasteiger partial charge in [0.15, 0.2) is 0 Å². The number of ether oxygens (including phenoxy) is 3. The van der Waals surface area contributed by atoms with Crippen LogP contribution >= 0.6 is 0 Å². The Kier molecular flexibility index (Phi) is 6.75. The van der Waals surface area contributed by atoms with Gasteiger partial charge in [-0.3, -0.25) is 5.32 Å². The van der Waals surface area contributed by atoms with Gasteiger partial charge < -0.3 is 14.2 Å². The molecule has 1 rings (SSSR count). The van der Waals surface area contributed by atoms with E-state index in [0.29, 0.717) is 13.2 Å². The minimum atomic E-state index is -0.789. The molecule has 1 aliphatic heterocycles. The van der Waals surface area contributed by atoms with Gasteiger partial charge in [0, 0.05) is 19.3 Å². The van der Waals surface area contributed by atoms with E-state index in [1.807, 2.05) is 27.7 Å². The maximum atomic E-state index is 12.1. The molecule has 1 saturated heterocycles. The quantitative estimate of drug-likeness (QED) is 0.712. The summed E-state index contributed by atoms with van der Waals surface area (Å²) < 4.78 is 16.3. The minimum absolute atomic E-state index is 0.177. The molecule has 0 spiro atoms. The Morgan fingerprint density at radius 3 is 2.58 bits per heavy atom. The van der Waals surface area contributed by atoms with Crippen LogP contribution in [0, 0.1) is 0 Å². The highest BCUT2D eigenvalue weighted by Crippen LogP contribution is 2.15. The van der Waals surface area contributed by atoms with Crippen LogP contribution in [-0.2, 0) is 19.0 Å². The number of hydrogen-bond acceptors (Lipinski definition) is 5. The van der Waals surface area contributed by atoms with Crippen LogP contribution in [0.3, 0.4) is 0 Å². The molecule has 5 heteroatoms. The van der Waals surface area contributed by atoms with Gasteiger partial charge >= 0.3 is 5.97 Å². The van der Waals surface area contributed by atoms with Gasteiger partial charge in [-0.1, -0.05) is 0 Å². The maximum Gasteiger partial charge on any atom is 0.328 e. The molecule has 0 amide bonds. The molecule has 5 nitrogen and oxygen atoms in total. The van der Waals surface area contributed by atoms with Crippen molar-refractivity contribution >= 4 is 5.97 Å². The fourth-order valence-corrected chi connectivity index (χ4v) is 2.21. The summed E-state index contributed by atoms with van der Waals surface area (Å²) in [5, 5.41) is 3.25. The lowest BCUT2D eigenvalue weighted by Crippen LogP contribution is -2.57. The number of esters is 1. The van der Waals surface area contributed by atoms with Crippen LogP contribution in [0.25, 0.3) is 0 Å². The van der Waals surface area contributed by atoms with Crippen LogP contribution in [0.4, 0.5) is 0 Å². The number of rotatable bonds is 7. The zero-order chi connectivity index (χ0) is 14.3. The smallest absolute Gasteiger partial charge is 0.328 e. The lowest BCUT2D eigenvalue weighted by molar-refractivity contribution is -0.155. The van der Waals surface area contributed by atoms with E-state index in [1.165, 1.54) is 0 Å². The van der Waals surface area contributed by atoms with Crippen molar-refractivity contribution in [2.75, 3.05) is 26.4 Å². The molecule has 0 saturated carbocycles. The van der Waals surface area contributed by atoms with Crippen molar-refractivity contribution in [2.45, 2.75) is 58.2 Å². The van der Waals surface area contributed by atoms with E-state index in [4.69, 9.17) is 14.2 Å². The van der Waals surface area contributed by atoms with Crippen LogP contribution < -0.4 is 5.32 Å². The zero-order valence-electron chi connectivity index (χ0n) is 12.5. The summed E-state index contributed by atoms with van der Waals surface area (Å²) in [6, 6.07) is 0.188. The molecular weight excluding hydrogens is 246 g/mol. The summed E-state index contributed by atoms with van der Waals surface area (Å²) in [5.74, 6) is -0.254. The summed E-state index contributed by atoms with van der Waals surface area (Å²) in [5.41, 5.74) is -0.789. The van der Waals surface area contributed by atoms with Gasteiger partial charge in [-0.25, -0.2) is 4.79 Å². The number of carbonyl (C=O) groups is 1. The molecule has 1 aliphatic rings. The van der Waals surface area contributed by atoms with Crippen LogP contribution in [0.5, 0.6) is 0 Å². The molecule has 1 atom stereocenters. The molecule has 112 valence electrons. The molecule has 0 aromatic carbocycles. The van der Waals surface area contributed by atoms with Gasteiger partial charge in [0.2, 0.25) is 0 Å². The van der Waals surface area contributed by atoms with Gasteiger partial charge in [-0.05, 0) is 40.5 Å². The van der Waals surface area contributed by atoms with Crippen molar-refractivity contribution < 1.29 is 19.0 Å². The van der Waals surface area contributed by atoms with Crippen molar-refractivity contribution in [2.24, 2.45) is 0 Å². The second-order valence-electron chi connectivity index (χ2n) is 5.47. The maximum absolute atomic E-state index is 12.1. The van der Waals surface area contributed by atoms with E-state index in [2.05, 4.69) is 5.32 Å². The summed E-state index contributed by atoms with van der Waals surface area (Å²) in [7, 11) is 0. The molecule has 0 aromatic heterocycles. The third-order valence-electron chi connectivity index (χ3n) is 3.11. The van der Waals surface area contributed by atoms with Crippen molar-refractivity contribution in [1.29, 1.82) is 0 Å². The standard InChI is InChI=1S/C14H27NO4/c1-5-18-13(16)14(4,15-11(2)3)10-19-12-6-8-17-9-7-12/h11-12,15H,5-10H2,1-4H3. The average molecular weight is 273 g/mol. The monoisotopic (exact) mass is 273 g/mol. The molecule has 1 heterocycles. The molecule has 19 heavy (non-hydrogen) atoms. The second kappa shape index (κ2) is 7.82. The molecule has 0 aliphatic carbocycles. The van der Waals surface area contributed by atoms with Crippen molar-refractivity contribution in [1.82, 2.24) is 5.32 Å². The first-order valence-corrected chi connectivity index (χ1v) is 7.12. The number of carbonyl (C=O) groups excluding carboxylic acids is 1. The highest BCUT2D eigenvalue weighted by molar-refractivity contribution is 5.80. The van der Waals surface area contributed by atoms with E-state index < -0.39 is 5.54 Å². The Morgan fingerprint density at radius 2 is 2.05 bits per heavy atom. The Bertz CT molecular complexity index is 277. The van der Waals surface area contributed by atoms with Gasteiger partial charge in [0.1, 0.15) is 5.54 Å². The molecule has 0 bridgehead atoms. The Balaban J connectivity index is 2.54. The first-order valence-electron chi connectivity index (χ1n) is 7.12. The van der Waals surface area contributed by atoms with E-state index in [-0.39, 0.29) is 18.1 Å². The largest absolute Gasteiger partial charge is 0.465 e. The van der Waals surface area contributed by atoms with Crippen LogP contribution in [0.1, 0.15) is 40.5 Å². The number of nitrogens with one attached hydrogen (secondary N) is 1. The van der Waals surface area contributed by atoms with E-state index in [0.717, 1.165) is 26.1 Å². The predicted molar refractivity (Wildman–Crippen MR) is 73.1 cm³/mol. The third kappa shape index (κ3) is 5.47. The van der Waals surface area contributed by atoms with Crippen LogP contribution in [0.2, 0.25) is 0 Å². The third-order valence-corrected chi connectivity index (χ3v) is 3.11. The zero-order valence-corrected chi connectivity index (χ0v) is 12.5. The van der Waals surface area contributed by atoms with Gasteiger partial charge in [0.05, 0.1) is 19.3 Å².